The van der Waals surface area contributed by atoms with Crippen LogP contribution in [0.3, 0.4) is 0 Å². The maximum absolute atomic E-state index is 11.9. The van der Waals surface area contributed by atoms with Gasteiger partial charge in [-0.3, -0.25) is 4.79 Å². The van der Waals surface area contributed by atoms with Gasteiger partial charge >= 0.3 is 5.97 Å². The Morgan fingerprint density at radius 2 is 2.07 bits per heavy atom. The molecule has 0 spiro atoms. The van der Waals surface area contributed by atoms with Gasteiger partial charge in [-0.15, -0.1) is 0 Å². The van der Waals surface area contributed by atoms with E-state index in [9.17, 15) is 13.6 Å². The van der Waals surface area contributed by atoms with Crippen molar-refractivity contribution in [3.8, 4) is 0 Å². The first-order chi connectivity index (χ1) is 6.52. The Morgan fingerprint density at radius 1 is 1.50 bits per heavy atom. The zero-order valence-corrected chi connectivity index (χ0v) is 7.49. The summed E-state index contributed by atoms with van der Waals surface area (Å²) in [6.45, 7) is -0.384. The van der Waals surface area contributed by atoms with Gasteiger partial charge in [-0.05, 0) is 18.8 Å². The molecule has 0 aliphatic heterocycles. The summed E-state index contributed by atoms with van der Waals surface area (Å²) in [5.41, 5.74) is 0. The molecule has 1 rings (SSSR count). The highest BCUT2D eigenvalue weighted by molar-refractivity contribution is 5.74. The Labute approximate surface area is 79.9 Å². The van der Waals surface area contributed by atoms with Crippen LogP contribution in [0.1, 0.15) is 12.8 Å². The Hall–Kier alpha value is -0.750. The van der Waals surface area contributed by atoms with Gasteiger partial charge in [0.05, 0.1) is 0 Å². The van der Waals surface area contributed by atoms with Crippen LogP contribution in [0.4, 0.5) is 8.78 Å². The van der Waals surface area contributed by atoms with Gasteiger partial charge in [-0.25, -0.2) is 8.78 Å². The first kappa shape index (κ1) is 11.3. The van der Waals surface area contributed by atoms with E-state index in [4.69, 9.17) is 10.2 Å². The topological polar surface area (TPSA) is 69.6 Å². The van der Waals surface area contributed by atoms with Crippen LogP contribution >= 0.6 is 0 Å². The van der Waals surface area contributed by atoms with Crippen LogP contribution in [0.25, 0.3) is 0 Å². The molecule has 14 heavy (non-hydrogen) atoms. The normalized spacial score (nSPS) is 20.9. The first-order valence-electron chi connectivity index (χ1n) is 4.44. The fraction of sp³-hybridized carbons (Fsp3) is 0.875. The van der Waals surface area contributed by atoms with Gasteiger partial charge in [0.15, 0.2) is 0 Å². The lowest BCUT2D eigenvalue weighted by Crippen LogP contribution is -2.44. The summed E-state index contributed by atoms with van der Waals surface area (Å²) >= 11 is 0. The molecular formula is C8H13F2NO3. The van der Waals surface area contributed by atoms with E-state index < -0.39 is 24.5 Å². The summed E-state index contributed by atoms with van der Waals surface area (Å²) in [4.78, 5) is 10.6. The molecule has 0 bridgehead atoms. The average Bonchev–Trinajstić information content (AvgIpc) is 2.87. The van der Waals surface area contributed by atoms with Crippen LogP contribution in [-0.2, 0) is 4.79 Å². The number of aliphatic hydroxyl groups is 1. The fourth-order valence-corrected chi connectivity index (χ4v) is 1.22. The van der Waals surface area contributed by atoms with Gasteiger partial charge in [0.1, 0.15) is 12.1 Å². The van der Waals surface area contributed by atoms with Crippen molar-refractivity contribution in [2.24, 2.45) is 5.92 Å². The molecule has 6 heteroatoms. The summed E-state index contributed by atoms with van der Waals surface area (Å²) in [5, 5.41) is 19.9. The summed E-state index contributed by atoms with van der Waals surface area (Å²) in [6.07, 6.45) is -3.03. The molecule has 1 fully saturated rings. The minimum atomic E-state index is -2.84. The van der Waals surface area contributed by atoms with Crippen LogP contribution in [0.15, 0.2) is 0 Å². The van der Waals surface area contributed by atoms with E-state index >= 15 is 0 Å². The standard InChI is InChI=1S/C8H13F2NO3/c9-7(10)5(12)3-11-6(8(13)14)4-1-2-4/h4-7,11-12H,1-3H2,(H,13,14). The lowest BCUT2D eigenvalue weighted by atomic mass is 10.2. The zero-order chi connectivity index (χ0) is 10.7. The monoisotopic (exact) mass is 209 g/mol. The van der Waals surface area contributed by atoms with Crippen LogP contribution in [-0.4, -0.2) is 41.3 Å². The Kier molecular flexibility index (Phi) is 3.77. The van der Waals surface area contributed by atoms with E-state index in [1.54, 1.807) is 0 Å². The number of hydrogen-bond donors (Lipinski definition) is 3. The minimum Gasteiger partial charge on any atom is -0.480 e. The third-order valence-corrected chi connectivity index (χ3v) is 2.20. The van der Waals surface area contributed by atoms with Crippen molar-refractivity contribution in [2.75, 3.05) is 6.54 Å². The van der Waals surface area contributed by atoms with Crippen molar-refractivity contribution in [3.05, 3.63) is 0 Å². The third kappa shape index (κ3) is 3.19. The summed E-state index contributed by atoms with van der Waals surface area (Å²) in [7, 11) is 0. The van der Waals surface area contributed by atoms with Crippen LogP contribution < -0.4 is 5.32 Å². The van der Waals surface area contributed by atoms with E-state index in [2.05, 4.69) is 5.32 Å². The second-order valence-corrected chi connectivity index (χ2v) is 3.46. The number of aliphatic carboxylic acids is 1. The van der Waals surface area contributed by atoms with Crippen molar-refractivity contribution in [1.82, 2.24) is 5.32 Å². The van der Waals surface area contributed by atoms with Crippen LogP contribution in [0.2, 0.25) is 0 Å². The molecule has 0 saturated heterocycles. The lowest BCUT2D eigenvalue weighted by molar-refractivity contribution is -0.140. The number of hydrogen-bond acceptors (Lipinski definition) is 3. The molecule has 0 aromatic rings. The highest BCUT2D eigenvalue weighted by atomic mass is 19.3. The van der Waals surface area contributed by atoms with Gasteiger partial charge in [-0.2, -0.15) is 0 Å². The van der Waals surface area contributed by atoms with E-state index in [0.717, 1.165) is 12.8 Å². The number of carboxylic acids is 1. The maximum Gasteiger partial charge on any atom is 0.320 e. The minimum absolute atomic E-state index is 0.0253. The molecule has 3 N–H and O–H groups in total. The molecular weight excluding hydrogens is 196 g/mol. The SMILES string of the molecule is O=C(O)C(NCC(O)C(F)F)C1CC1. The molecule has 1 saturated carbocycles. The maximum atomic E-state index is 11.9. The number of alkyl halides is 2. The lowest BCUT2D eigenvalue weighted by Gasteiger charge is -2.16. The molecule has 1 aliphatic rings. The molecule has 0 amide bonds. The van der Waals surface area contributed by atoms with Gasteiger partial charge < -0.3 is 15.5 Å². The fourth-order valence-electron chi connectivity index (χ4n) is 1.22. The zero-order valence-electron chi connectivity index (χ0n) is 7.49. The molecule has 2 unspecified atom stereocenters. The number of carboxylic acid groups (broad SMARTS) is 1. The van der Waals surface area contributed by atoms with E-state index in [1.807, 2.05) is 0 Å². The third-order valence-electron chi connectivity index (χ3n) is 2.20. The predicted octanol–water partition coefficient (Wildman–Crippen LogP) is 0.0652. The average molecular weight is 209 g/mol. The van der Waals surface area contributed by atoms with Gasteiger partial charge in [0.2, 0.25) is 0 Å². The molecule has 4 nitrogen and oxygen atoms in total. The molecule has 0 aromatic carbocycles. The number of aliphatic hydroxyl groups excluding tert-OH is 1. The summed E-state index contributed by atoms with van der Waals surface area (Å²) in [5.74, 6) is -1.02. The number of carbonyl (C=O) groups is 1. The number of halogens is 2. The van der Waals surface area contributed by atoms with Gasteiger partial charge in [0.25, 0.3) is 6.43 Å². The predicted molar refractivity (Wildman–Crippen MR) is 44.2 cm³/mol. The summed E-state index contributed by atoms with van der Waals surface area (Å²) < 4.78 is 23.7. The van der Waals surface area contributed by atoms with Crippen molar-refractivity contribution in [1.29, 1.82) is 0 Å². The second kappa shape index (κ2) is 4.65. The largest absolute Gasteiger partial charge is 0.480 e. The molecule has 1 aliphatic carbocycles. The quantitative estimate of drug-likeness (QED) is 0.578. The van der Waals surface area contributed by atoms with Gasteiger partial charge in [0, 0.05) is 6.54 Å². The smallest absolute Gasteiger partial charge is 0.320 e. The van der Waals surface area contributed by atoms with Crippen LogP contribution in [0, 0.1) is 5.92 Å². The summed E-state index contributed by atoms with van der Waals surface area (Å²) in [6, 6.07) is -0.802. The number of nitrogens with one attached hydrogen (secondary N) is 1. The molecule has 82 valence electrons. The highest BCUT2D eigenvalue weighted by Gasteiger charge is 2.36. The first-order valence-corrected chi connectivity index (χ1v) is 4.44. The molecule has 2 atom stereocenters. The molecule has 0 aromatic heterocycles. The second-order valence-electron chi connectivity index (χ2n) is 3.46. The van der Waals surface area contributed by atoms with Gasteiger partial charge in [-0.1, -0.05) is 0 Å². The van der Waals surface area contributed by atoms with Crippen LogP contribution in [0.5, 0.6) is 0 Å². The van der Waals surface area contributed by atoms with E-state index in [0.29, 0.717) is 0 Å². The Balaban J connectivity index is 2.29. The Bertz CT molecular complexity index is 209. The highest BCUT2D eigenvalue weighted by Crippen LogP contribution is 2.32. The number of rotatable bonds is 6. The van der Waals surface area contributed by atoms with Crippen molar-refractivity contribution >= 4 is 5.97 Å². The Morgan fingerprint density at radius 3 is 2.43 bits per heavy atom. The molecule has 0 radical (unpaired) electrons. The van der Waals surface area contributed by atoms with E-state index in [-0.39, 0.29) is 12.5 Å². The van der Waals surface area contributed by atoms with Crippen molar-refractivity contribution in [2.45, 2.75) is 31.4 Å². The molecule has 0 heterocycles. The van der Waals surface area contributed by atoms with Crippen molar-refractivity contribution < 1.29 is 23.8 Å². The van der Waals surface area contributed by atoms with Crippen molar-refractivity contribution in [3.63, 3.8) is 0 Å². The van der Waals surface area contributed by atoms with E-state index in [1.165, 1.54) is 0 Å².